The van der Waals surface area contributed by atoms with Crippen LogP contribution in [0.15, 0.2) is 53.1 Å². The third kappa shape index (κ3) is 3.91. The largest absolute Gasteiger partial charge is 0.480 e. The van der Waals surface area contributed by atoms with Crippen LogP contribution in [0.3, 0.4) is 0 Å². The molecule has 1 N–H and O–H groups in total. The van der Waals surface area contributed by atoms with E-state index < -0.39 is 6.10 Å². The molecule has 30 heavy (non-hydrogen) atoms. The highest BCUT2D eigenvalue weighted by atomic mass is 16.5. The van der Waals surface area contributed by atoms with Crippen molar-refractivity contribution in [1.29, 1.82) is 0 Å². The fourth-order valence-corrected chi connectivity index (χ4v) is 3.54. The number of carbonyl (C=O) groups excluding carboxylic acids is 2. The van der Waals surface area contributed by atoms with Crippen molar-refractivity contribution >= 4 is 17.5 Å². The average Bonchev–Trinajstić information content (AvgIpc) is 3.32. The Labute approximate surface area is 174 Å². The monoisotopic (exact) mass is 405 g/mol. The number of amides is 2. The Morgan fingerprint density at radius 1 is 1.17 bits per heavy atom. The summed E-state index contributed by atoms with van der Waals surface area (Å²) in [5.74, 6) is 1.05. The number of carbonyl (C=O) groups is 2. The number of anilines is 1. The van der Waals surface area contributed by atoms with Crippen molar-refractivity contribution in [2.75, 3.05) is 12.4 Å². The third-order valence-electron chi connectivity index (χ3n) is 5.24. The topological polar surface area (TPSA) is 84.7 Å². The van der Waals surface area contributed by atoms with Gasteiger partial charge >= 0.3 is 0 Å². The second-order valence-electron chi connectivity index (χ2n) is 7.45. The number of nitrogens with one attached hydrogen (secondary N) is 1. The van der Waals surface area contributed by atoms with E-state index in [0.717, 1.165) is 22.6 Å². The standard InChI is InChI=1S/C23H23N3O4/c1-14-19(15(2)30-25-14)13-26(3)23(28)17-8-6-9-18(11-17)24-22(27)21-12-16-7-4-5-10-20(16)29-21/h4-11,21H,12-13H2,1-3H3,(H,24,27). The number of para-hydroxylation sites is 1. The van der Waals surface area contributed by atoms with Crippen LogP contribution in [0.5, 0.6) is 5.75 Å². The van der Waals surface area contributed by atoms with Crippen molar-refractivity contribution in [3.05, 3.63) is 76.7 Å². The molecule has 3 aromatic rings. The van der Waals surface area contributed by atoms with Gasteiger partial charge in [-0.3, -0.25) is 9.59 Å². The summed E-state index contributed by atoms with van der Waals surface area (Å²) in [5.41, 5.74) is 3.72. The Morgan fingerprint density at radius 2 is 1.97 bits per heavy atom. The van der Waals surface area contributed by atoms with Crippen molar-refractivity contribution in [1.82, 2.24) is 10.1 Å². The van der Waals surface area contributed by atoms with Gasteiger partial charge in [0, 0.05) is 30.3 Å². The number of nitrogens with zero attached hydrogens (tertiary/aromatic N) is 2. The highest BCUT2D eigenvalue weighted by molar-refractivity contribution is 5.98. The highest BCUT2D eigenvalue weighted by Gasteiger charge is 2.29. The summed E-state index contributed by atoms with van der Waals surface area (Å²) < 4.78 is 10.9. The molecule has 0 spiro atoms. The van der Waals surface area contributed by atoms with Crippen LogP contribution in [0.1, 0.15) is 32.9 Å². The summed E-state index contributed by atoms with van der Waals surface area (Å²) in [6.07, 6.45) is -0.0511. The molecule has 4 rings (SSSR count). The summed E-state index contributed by atoms with van der Waals surface area (Å²) >= 11 is 0. The quantitative estimate of drug-likeness (QED) is 0.702. The fourth-order valence-electron chi connectivity index (χ4n) is 3.54. The van der Waals surface area contributed by atoms with Crippen LogP contribution in [0.2, 0.25) is 0 Å². The van der Waals surface area contributed by atoms with Crippen LogP contribution < -0.4 is 10.1 Å². The zero-order valence-electron chi connectivity index (χ0n) is 17.1. The van der Waals surface area contributed by atoms with Crippen LogP contribution in [0, 0.1) is 13.8 Å². The third-order valence-corrected chi connectivity index (χ3v) is 5.24. The Bertz CT molecular complexity index is 1060. The number of ether oxygens (including phenoxy) is 1. The molecule has 0 saturated carbocycles. The molecule has 1 aliphatic heterocycles. The Hall–Kier alpha value is -3.61. The van der Waals surface area contributed by atoms with Gasteiger partial charge in [0.15, 0.2) is 6.10 Å². The van der Waals surface area contributed by atoms with Gasteiger partial charge in [-0.25, -0.2) is 0 Å². The molecule has 2 heterocycles. The van der Waals surface area contributed by atoms with E-state index in [0.29, 0.717) is 30.0 Å². The number of hydrogen-bond donors (Lipinski definition) is 1. The number of aryl methyl sites for hydroxylation is 2. The molecule has 7 nitrogen and oxygen atoms in total. The van der Waals surface area contributed by atoms with E-state index in [1.165, 1.54) is 0 Å². The molecule has 0 radical (unpaired) electrons. The molecule has 2 amide bonds. The van der Waals surface area contributed by atoms with E-state index >= 15 is 0 Å². The van der Waals surface area contributed by atoms with Crippen molar-refractivity contribution in [3.8, 4) is 5.75 Å². The Balaban J connectivity index is 1.42. The van der Waals surface area contributed by atoms with Crippen molar-refractivity contribution in [3.63, 3.8) is 0 Å². The van der Waals surface area contributed by atoms with Crippen LogP contribution >= 0.6 is 0 Å². The van der Waals surface area contributed by atoms with E-state index in [9.17, 15) is 9.59 Å². The van der Waals surface area contributed by atoms with Gasteiger partial charge in [-0.15, -0.1) is 0 Å². The zero-order valence-corrected chi connectivity index (χ0v) is 17.1. The van der Waals surface area contributed by atoms with Gasteiger partial charge in [0.1, 0.15) is 11.5 Å². The first-order valence-electron chi connectivity index (χ1n) is 9.75. The van der Waals surface area contributed by atoms with Gasteiger partial charge in [-0.1, -0.05) is 29.4 Å². The van der Waals surface area contributed by atoms with Gasteiger partial charge in [0.2, 0.25) is 0 Å². The summed E-state index contributed by atoms with van der Waals surface area (Å²) in [4.78, 5) is 27.1. The van der Waals surface area contributed by atoms with Crippen LogP contribution in [-0.4, -0.2) is 35.0 Å². The molecule has 1 aliphatic rings. The molecule has 0 saturated heterocycles. The molecular weight excluding hydrogens is 382 g/mol. The van der Waals surface area contributed by atoms with Crippen LogP contribution in [0.25, 0.3) is 0 Å². The molecule has 7 heteroatoms. The van der Waals surface area contributed by atoms with Gasteiger partial charge in [0.05, 0.1) is 12.2 Å². The number of hydrogen-bond acceptors (Lipinski definition) is 5. The van der Waals surface area contributed by atoms with Gasteiger partial charge in [-0.05, 0) is 43.7 Å². The van der Waals surface area contributed by atoms with Gasteiger partial charge in [-0.2, -0.15) is 0 Å². The second-order valence-corrected chi connectivity index (χ2v) is 7.45. The summed E-state index contributed by atoms with van der Waals surface area (Å²) in [6.45, 7) is 4.07. The van der Waals surface area contributed by atoms with Crippen molar-refractivity contribution in [2.45, 2.75) is 32.9 Å². The lowest BCUT2D eigenvalue weighted by Gasteiger charge is -2.18. The SMILES string of the molecule is Cc1noc(C)c1CN(C)C(=O)c1cccc(NC(=O)C2Cc3ccccc3O2)c1. The minimum atomic E-state index is -0.580. The van der Waals surface area contributed by atoms with Crippen molar-refractivity contribution in [2.24, 2.45) is 0 Å². The van der Waals surface area contributed by atoms with E-state index in [4.69, 9.17) is 9.26 Å². The Kier molecular flexibility index (Phi) is 5.27. The fraction of sp³-hybridized carbons (Fsp3) is 0.261. The van der Waals surface area contributed by atoms with E-state index in [2.05, 4.69) is 10.5 Å². The maximum absolute atomic E-state index is 12.9. The van der Waals surface area contributed by atoms with Crippen LogP contribution in [-0.2, 0) is 17.8 Å². The van der Waals surface area contributed by atoms with E-state index in [1.54, 1.807) is 36.2 Å². The van der Waals surface area contributed by atoms with E-state index in [1.807, 2.05) is 38.1 Å². The number of aromatic nitrogens is 1. The maximum Gasteiger partial charge on any atom is 0.265 e. The predicted molar refractivity (Wildman–Crippen MR) is 111 cm³/mol. The molecule has 0 fully saturated rings. The molecule has 1 atom stereocenters. The molecule has 0 aliphatic carbocycles. The van der Waals surface area contributed by atoms with Gasteiger partial charge < -0.3 is 19.5 Å². The summed E-state index contributed by atoms with van der Waals surface area (Å²) in [6, 6.07) is 14.5. The first-order chi connectivity index (χ1) is 14.4. The zero-order chi connectivity index (χ0) is 21.3. The average molecular weight is 405 g/mol. The van der Waals surface area contributed by atoms with Crippen LogP contribution in [0.4, 0.5) is 5.69 Å². The lowest BCUT2D eigenvalue weighted by molar-refractivity contribution is -0.122. The molecule has 1 aromatic heterocycles. The summed E-state index contributed by atoms with van der Waals surface area (Å²) in [5, 5.41) is 6.79. The number of rotatable bonds is 5. The highest BCUT2D eigenvalue weighted by Crippen LogP contribution is 2.28. The molecule has 2 aromatic carbocycles. The van der Waals surface area contributed by atoms with E-state index in [-0.39, 0.29) is 11.8 Å². The Morgan fingerprint density at radius 3 is 2.70 bits per heavy atom. The molecule has 1 unspecified atom stereocenters. The second kappa shape index (κ2) is 8.02. The maximum atomic E-state index is 12.9. The normalized spacial score (nSPS) is 14.7. The first kappa shape index (κ1) is 19.7. The van der Waals surface area contributed by atoms with Gasteiger partial charge in [0.25, 0.3) is 11.8 Å². The number of fused-ring (bicyclic) bond motifs is 1. The molecular formula is C23H23N3O4. The lowest BCUT2D eigenvalue weighted by Crippen LogP contribution is -2.31. The smallest absolute Gasteiger partial charge is 0.265 e. The number of benzene rings is 2. The summed E-state index contributed by atoms with van der Waals surface area (Å²) in [7, 11) is 1.73. The van der Waals surface area contributed by atoms with Crippen molar-refractivity contribution < 1.29 is 18.8 Å². The molecule has 0 bridgehead atoms. The predicted octanol–water partition coefficient (Wildman–Crippen LogP) is 3.51. The lowest BCUT2D eigenvalue weighted by atomic mass is 10.1. The molecule has 154 valence electrons. The first-order valence-corrected chi connectivity index (χ1v) is 9.75. The minimum absolute atomic E-state index is 0.157. The minimum Gasteiger partial charge on any atom is -0.480 e.